The highest BCUT2D eigenvalue weighted by Gasteiger charge is 2.15. The fourth-order valence-corrected chi connectivity index (χ4v) is 3.72. The maximum absolute atomic E-state index is 12.8. The van der Waals surface area contributed by atoms with Crippen molar-refractivity contribution in [2.24, 2.45) is 5.92 Å². The van der Waals surface area contributed by atoms with E-state index in [9.17, 15) is 9.59 Å². The van der Waals surface area contributed by atoms with Gasteiger partial charge in [0.1, 0.15) is 0 Å². The van der Waals surface area contributed by atoms with Crippen molar-refractivity contribution in [2.75, 3.05) is 5.75 Å². The summed E-state index contributed by atoms with van der Waals surface area (Å²) in [5.41, 5.74) is 1.12. The fourth-order valence-electron chi connectivity index (χ4n) is 2.69. The SMILES string of the molecule is CC(C)Cn1c(SCC(=O)NCc2ccccc2Cl)nc2ncccc2c1=O. The van der Waals surface area contributed by atoms with Crippen LogP contribution in [0.25, 0.3) is 11.0 Å². The summed E-state index contributed by atoms with van der Waals surface area (Å²) in [4.78, 5) is 33.8. The molecule has 0 aliphatic heterocycles. The highest BCUT2D eigenvalue weighted by molar-refractivity contribution is 7.99. The third kappa shape index (κ3) is 4.91. The average Bonchev–Trinajstić information content (AvgIpc) is 2.68. The van der Waals surface area contributed by atoms with E-state index in [0.717, 1.165) is 5.56 Å². The predicted molar refractivity (Wildman–Crippen MR) is 113 cm³/mol. The van der Waals surface area contributed by atoms with Gasteiger partial charge in [0.05, 0.1) is 11.1 Å². The summed E-state index contributed by atoms with van der Waals surface area (Å²) in [5, 5.41) is 4.44. The highest BCUT2D eigenvalue weighted by atomic mass is 35.5. The Morgan fingerprint density at radius 2 is 2.04 bits per heavy atom. The quantitative estimate of drug-likeness (QED) is 0.471. The largest absolute Gasteiger partial charge is 0.351 e. The van der Waals surface area contributed by atoms with Crippen LogP contribution in [0.3, 0.4) is 0 Å². The van der Waals surface area contributed by atoms with Crippen LogP contribution in [0, 0.1) is 5.92 Å². The van der Waals surface area contributed by atoms with Crippen LogP contribution in [0.15, 0.2) is 52.5 Å². The van der Waals surface area contributed by atoms with Gasteiger partial charge in [-0.3, -0.25) is 14.2 Å². The molecule has 3 aromatic rings. The molecule has 0 unspecified atom stereocenters. The molecule has 3 rings (SSSR count). The zero-order valence-electron chi connectivity index (χ0n) is 15.7. The van der Waals surface area contributed by atoms with Crippen molar-refractivity contribution in [3.8, 4) is 0 Å². The van der Waals surface area contributed by atoms with Crippen LogP contribution >= 0.6 is 23.4 Å². The second-order valence-electron chi connectivity index (χ2n) is 6.74. The Kier molecular flexibility index (Phi) is 6.70. The third-order valence-corrected chi connectivity index (χ3v) is 5.35. The number of hydrogen-bond donors (Lipinski definition) is 1. The van der Waals surface area contributed by atoms with Crippen LogP contribution in [0.4, 0.5) is 0 Å². The summed E-state index contributed by atoms with van der Waals surface area (Å²) < 4.78 is 1.63. The fraction of sp³-hybridized carbons (Fsp3) is 0.300. The number of thioether (sulfide) groups is 1. The molecule has 0 bridgehead atoms. The van der Waals surface area contributed by atoms with Crippen LogP contribution in [0.2, 0.25) is 5.02 Å². The van der Waals surface area contributed by atoms with Gasteiger partial charge in [-0.15, -0.1) is 0 Å². The van der Waals surface area contributed by atoms with E-state index in [4.69, 9.17) is 11.6 Å². The van der Waals surface area contributed by atoms with Crippen molar-refractivity contribution in [2.45, 2.75) is 32.1 Å². The first-order valence-corrected chi connectivity index (χ1v) is 10.3. The first-order valence-electron chi connectivity index (χ1n) is 8.94. The lowest BCUT2D eigenvalue weighted by Gasteiger charge is -2.14. The average molecular weight is 417 g/mol. The molecule has 0 saturated carbocycles. The van der Waals surface area contributed by atoms with Gasteiger partial charge >= 0.3 is 0 Å². The monoisotopic (exact) mass is 416 g/mol. The molecule has 0 atom stereocenters. The number of pyridine rings is 1. The van der Waals surface area contributed by atoms with Gasteiger partial charge in [-0.1, -0.05) is 55.4 Å². The maximum Gasteiger partial charge on any atom is 0.263 e. The Labute approximate surface area is 172 Å². The van der Waals surface area contributed by atoms with Gasteiger partial charge in [0.25, 0.3) is 5.56 Å². The van der Waals surface area contributed by atoms with Gasteiger partial charge in [-0.25, -0.2) is 9.97 Å². The minimum Gasteiger partial charge on any atom is -0.351 e. The predicted octanol–water partition coefficient (Wildman–Crippen LogP) is 3.51. The van der Waals surface area contributed by atoms with Crippen LogP contribution in [0.1, 0.15) is 19.4 Å². The number of hydrogen-bond acceptors (Lipinski definition) is 5. The molecule has 0 radical (unpaired) electrons. The Morgan fingerprint density at radius 1 is 1.25 bits per heavy atom. The number of aromatic nitrogens is 3. The molecule has 0 saturated heterocycles. The Hall–Kier alpha value is -2.38. The van der Waals surface area contributed by atoms with Gasteiger partial charge in [-0.05, 0) is 29.7 Å². The van der Waals surface area contributed by atoms with Crippen molar-refractivity contribution >= 4 is 40.3 Å². The smallest absolute Gasteiger partial charge is 0.263 e. The van der Waals surface area contributed by atoms with Crippen molar-refractivity contribution in [1.29, 1.82) is 0 Å². The number of halogens is 1. The van der Waals surface area contributed by atoms with E-state index in [0.29, 0.717) is 34.3 Å². The molecule has 6 nitrogen and oxygen atoms in total. The number of benzene rings is 1. The summed E-state index contributed by atoms with van der Waals surface area (Å²) in [6.45, 7) is 4.94. The molecular weight excluding hydrogens is 396 g/mol. The molecule has 0 aliphatic rings. The van der Waals surface area contributed by atoms with E-state index >= 15 is 0 Å². The normalized spacial score (nSPS) is 11.1. The highest BCUT2D eigenvalue weighted by Crippen LogP contribution is 2.18. The molecule has 0 spiro atoms. The molecule has 1 aromatic carbocycles. The number of carbonyl (C=O) groups excluding carboxylic acids is 1. The van der Waals surface area contributed by atoms with Gasteiger partial charge in [0.2, 0.25) is 5.91 Å². The maximum atomic E-state index is 12.8. The summed E-state index contributed by atoms with van der Waals surface area (Å²) in [6.07, 6.45) is 1.60. The summed E-state index contributed by atoms with van der Waals surface area (Å²) in [7, 11) is 0. The van der Waals surface area contributed by atoms with E-state index in [1.54, 1.807) is 29.0 Å². The molecular formula is C20H21ClN4O2S. The van der Waals surface area contributed by atoms with Crippen LogP contribution in [0.5, 0.6) is 0 Å². The van der Waals surface area contributed by atoms with E-state index in [1.165, 1.54) is 11.8 Å². The summed E-state index contributed by atoms with van der Waals surface area (Å²) in [5.74, 6) is 0.256. The minimum atomic E-state index is -0.156. The van der Waals surface area contributed by atoms with E-state index in [1.807, 2.05) is 32.0 Å². The van der Waals surface area contributed by atoms with Crippen LogP contribution in [-0.4, -0.2) is 26.2 Å². The van der Waals surface area contributed by atoms with Gasteiger partial charge in [0.15, 0.2) is 10.8 Å². The van der Waals surface area contributed by atoms with E-state index in [-0.39, 0.29) is 23.1 Å². The molecule has 8 heteroatoms. The molecule has 0 fully saturated rings. The topological polar surface area (TPSA) is 76.9 Å². The van der Waals surface area contributed by atoms with Gasteiger partial charge in [-0.2, -0.15) is 0 Å². The lowest BCUT2D eigenvalue weighted by molar-refractivity contribution is -0.118. The van der Waals surface area contributed by atoms with Crippen molar-refractivity contribution in [3.05, 3.63) is 63.5 Å². The Balaban J connectivity index is 1.74. The van der Waals surface area contributed by atoms with Gasteiger partial charge in [0, 0.05) is 24.3 Å². The third-order valence-electron chi connectivity index (χ3n) is 4.01. The molecule has 146 valence electrons. The lowest BCUT2D eigenvalue weighted by atomic mass is 10.2. The minimum absolute atomic E-state index is 0.134. The van der Waals surface area contributed by atoms with Crippen molar-refractivity contribution in [1.82, 2.24) is 19.9 Å². The Bertz CT molecular complexity index is 1050. The van der Waals surface area contributed by atoms with Crippen molar-refractivity contribution < 1.29 is 4.79 Å². The number of carbonyl (C=O) groups is 1. The number of nitrogens with one attached hydrogen (secondary N) is 1. The molecule has 0 aliphatic carbocycles. The molecule has 1 amide bonds. The number of nitrogens with zero attached hydrogens (tertiary/aromatic N) is 3. The van der Waals surface area contributed by atoms with Crippen LogP contribution < -0.4 is 10.9 Å². The molecule has 2 heterocycles. The Morgan fingerprint density at radius 3 is 2.79 bits per heavy atom. The zero-order valence-corrected chi connectivity index (χ0v) is 17.3. The second-order valence-corrected chi connectivity index (χ2v) is 8.09. The standard InChI is InChI=1S/C20H21ClN4O2S/c1-13(2)11-25-19(27)15-7-5-9-22-18(15)24-20(25)28-12-17(26)23-10-14-6-3-4-8-16(14)21/h3-9,13H,10-12H2,1-2H3,(H,23,26). The van der Waals surface area contributed by atoms with Crippen LogP contribution in [-0.2, 0) is 17.9 Å². The molecule has 2 aromatic heterocycles. The number of fused-ring (bicyclic) bond motifs is 1. The van der Waals surface area contributed by atoms with Gasteiger partial charge < -0.3 is 5.32 Å². The second kappa shape index (κ2) is 9.21. The first kappa shape index (κ1) is 20.4. The van der Waals surface area contributed by atoms with E-state index < -0.39 is 0 Å². The number of rotatable bonds is 7. The van der Waals surface area contributed by atoms with Crippen molar-refractivity contribution in [3.63, 3.8) is 0 Å². The molecule has 28 heavy (non-hydrogen) atoms. The van der Waals surface area contributed by atoms with E-state index in [2.05, 4.69) is 15.3 Å². The molecule has 1 N–H and O–H groups in total. The lowest BCUT2D eigenvalue weighted by Crippen LogP contribution is -2.28. The zero-order chi connectivity index (χ0) is 20.1. The first-order chi connectivity index (χ1) is 13.5. The number of amides is 1. The summed E-state index contributed by atoms with van der Waals surface area (Å²) in [6, 6.07) is 10.8. The summed E-state index contributed by atoms with van der Waals surface area (Å²) >= 11 is 7.34.